The van der Waals surface area contributed by atoms with Crippen LogP contribution in [0.1, 0.15) is 43.9 Å². The average molecular weight is 289 g/mol. The van der Waals surface area contributed by atoms with Crippen LogP contribution < -0.4 is 0 Å². The van der Waals surface area contributed by atoms with Crippen LogP contribution >= 0.6 is 0 Å². The summed E-state index contributed by atoms with van der Waals surface area (Å²) in [7, 11) is 0. The number of nitrogens with zero attached hydrogens (tertiary/aromatic N) is 3. The Morgan fingerprint density at radius 1 is 1.33 bits per heavy atom. The van der Waals surface area contributed by atoms with Crippen LogP contribution in [0.15, 0.2) is 12.3 Å². The number of hydrogen-bond donors (Lipinski definition) is 0. The van der Waals surface area contributed by atoms with Gasteiger partial charge in [0, 0.05) is 24.9 Å². The monoisotopic (exact) mass is 289 g/mol. The quantitative estimate of drug-likeness (QED) is 0.637. The highest BCUT2D eigenvalue weighted by molar-refractivity contribution is 6.04. The highest BCUT2D eigenvalue weighted by Gasteiger charge is 2.25. The van der Waals surface area contributed by atoms with Gasteiger partial charge in [0.2, 0.25) is 0 Å². The Morgan fingerprint density at radius 3 is 2.57 bits per heavy atom. The number of ketones is 1. The summed E-state index contributed by atoms with van der Waals surface area (Å²) >= 11 is 0. The lowest BCUT2D eigenvalue weighted by Gasteiger charge is -2.24. The van der Waals surface area contributed by atoms with E-state index in [1.165, 1.54) is 13.8 Å². The van der Waals surface area contributed by atoms with E-state index in [9.17, 15) is 9.59 Å². The second kappa shape index (κ2) is 5.27. The molecule has 0 aliphatic rings. The van der Waals surface area contributed by atoms with Crippen LogP contribution in [-0.4, -0.2) is 32.1 Å². The normalized spacial score (nSPS) is 11.7. The summed E-state index contributed by atoms with van der Waals surface area (Å²) < 4.78 is 6.95. The van der Waals surface area contributed by atoms with E-state index in [1.54, 1.807) is 24.7 Å². The van der Waals surface area contributed by atoms with Crippen LogP contribution in [-0.2, 0) is 16.1 Å². The minimum Gasteiger partial charge on any atom is -0.458 e. The minimum atomic E-state index is -0.719. The summed E-state index contributed by atoms with van der Waals surface area (Å²) in [6.07, 6.45) is 1.69. The smallest absolute Gasteiger partial charge is 0.303 e. The Morgan fingerprint density at radius 2 is 2.00 bits per heavy atom. The summed E-state index contributed by atoms with van der Waals surface area (Å²) in [5.74, 6) is -0.452. The summed E-state index contributed by atoms with van der Waals surface area (Å²) in [6.45, 7) is 8.67. The predicted molar refractivity (Wildman–Crippen MR) is 78.1 cm³/mol. The minimum absolute atomic E-state index is 0.102. The van der Waals surface area contributed by atoms with Crippen molar-refractivity contribution in [3.63, 3.8) is 0 Å². The molecule has 0 spiro atoms. The number of Topliss-reactive ketones (excluding diaryl/α,β-unsaturated/α-hetero) is 1. The zero-order valence-electron chi connectivity index (χ0n) is 12.9. The third-order valence-electron chi connectivity index (χ3n) is 3.06. The molecule has 112 valence electrons. The van der Waals surface area contributed by atoms with Crippen molar-refractivity contribution in [2.24, 2.45) is 0 Å². The van der Waals surface area contributed by atoms with Gasteiger partial charge in [0.25, 0.3) is 0 Å². The van der Waals surface area contributed by atoms with E-state index in [-0.39, 0.29) is 11.8 Å². The molecule has 0 fully saturated rings. The molecule has 6 nitrogen and oxygen atoms in total. The number of fused-ring (bicyclic) bond motifs is 1. The molecule has 2 aromatic rings. The topological polar surface area (TPSA) is 74.1 Å². The van der Waals surface area contributed by atoms with Crippen molar-refractivity contribution in [2.45, 2.75) is 46.8 Å². The number of esters is 1. The van der Waals surface area contributed by atoms with Gasteiger partial charge in [-0.15, -0.1) is 0 Å². The molecule has 0 radical (unpaired) electrons. The van der Waals surface area contributed by atoms with Crippen LogP contribution in [0.5, 0.6) is 0 Å². The molecule has 0 aliphatic heterocycles. The molecule has 0 atom stereocenters. The summed E-state index contributed by atoms with van der Waals surface area (Å²) in [4.78, 5) is 27.2. The van der Waals surface area contributed by atoms with Gasteiger partial charge in [-0.2, -0.15) is 5.10 Å². The third-order valence-corrected chi connectivity index (χ3v) is 3.06. The molecule has 0 saturated heterocycles. The van der Waals surface area contributed by atoms with Crippen molar-refractivity contribution in [3.8, 4) is 0 Å². The lowest BCUT2D eigenvalue weighted by molar-refractivity contribution is -0.154. The van der Waals surface area contributed by atoms with Gasteiger partial charge >= 0.3 is 5.97 Å². The molecule has 0 unspecified atom stereocenters. The summed E-state index contributed by atoms with van der Waals surface area (Å²) in [5, 5.41) is 5.13. The first-order valence-corrected chi connectivity index (χ1v) is 6.73. The van der Waals surface area contributed by atoms with Gasteiger partial charge in [-0.1, -0.05) is 0 Å². The molecular weight excluding hydrogens is 270 g/mol. The fourth-order valence-corrected chi connectivity index (χ4v) is 2.34. The lowest BCUT2D eigenvalue weighted by atomic mass is 10.1. The van der Waals surface area contributed by atoms with Gasteiger partial charge < -0.3 is 4.74 Å². The molecule has 21 heavy (non-hydrogen) atoms. The zero-order chi connectivity index (χ0) is 15.8. The molecule has 6 heteroatoms. The number of rotatable bonds is 4. The summed E-state index contributed by atoms with van der Waals surface area (Å²) in [6, 6.07) is 1.84. The molecule has 2 aromatic heterocycles. The number of aromatic nitrogens is 3. The number of ether oxygens (including phenoxy) is 1. The number of carbonyl (C=O) groups is 2. The van der Waals surface area contributed by atoms with Crippen molar-refractivity contribution < 1.29 is 14.3 Å². The second-order valence-corrected chi connectivity index (χ2v) is 5.76. The number of hydrogen-bond acceptors (Lipinski definition) is 5. The van der Waals surface area contributed by atoms with Crippen molar-refractivity contribution >= 4 is 22.7 Å². The van der Waals surface area contributed by atoms with Crippen molar-refractivity contribution in [1.29, 1.82) is 0 Å². The maximum absolute atomic E-state index is 11.7. The Balaban J connectivity index is 2.50. The largest absolute Gasteiger partial charge is 0.458 e. The van der Waals surface area contributed by atoms with Crippen LogP contribution in [0.4, 0.5) is 0 Å². The first kappa shape index (κ1) is 15.2. The molecule has 0 bridgehead atoms. The van der Waals surface area contributed by atoms with Crippen LogP contribution in [0.2, 0.25) is 0 Å². The Hall–Kier alpha value is -2.24. The Kier molecular flexibility index (Phi) is 3.80. The fraction of sp³-hybridized carbons (Fsp3) is 0.467. The molecule has 0 N–H and O–H groups in total. The third kappa shape index (κ3) is 3.26. The highest BCUT2D eigenvalue weighted by Crippen LogP contribution is 2.22. The highest BCUT2D eigenvalue weighted by atomic mass is 16.6. The first-order chi connectivity index (χ1) is 9.69. The SMILES string of the molecule is CC(=O)OC(C)(C)Cn1nc(C(C)=O)c2cc(C)ncc21. The van der Waals surface area contributed by atoms with E-state index in [0.717, 1.165) is 16.6 Å². The second-order valence-electron chi connectivity index (χ2n) is 5.76. The number of pyridine rings is 1. The van der Waals surface area contributed by atoms with Crippen molar-refractivity contribution in [3.05, 3.63) is 23.7 Å². The van der Waals surface area contributed by atoms with Crippen molar-refractivity contribution in [2.75, 3.05) is 0 Å². The number of aryl methyl sites for hydroxylation is 1. The van der Waals surface area contributed by atoms with Gasteiger partial charge in [-0.3, -0.25) is 19.3 Å². The van der Waals surface area contributed by atoms with Gasteiger partial charge in [0.1, 0.15) is 11.3 Å². The van der Waals surface area contributed by atoms with Gasteiger partial charge in [0.05, 0.1) is 18.3 Å². The molecule has 2 rings (SSSR count). The van der Waals surface area contributed by atoms with E-state index >= 15 is 0 Å². The first-order valence-electron chi connectivity index (χ1n) is 6.73. The maximum atomic E-state index is 11.7. The predicted octanol–water partition coefficient (Wildman–Crippen LogP) is 2.28. The van der Waals surface area contributed by atoms with Crippen LogP contribution in [0.25, 0.3) is 10.9 Å². The Labute approximate surface area is 123 Å². The standard InChI is InChI=1S/C15H19N3O3/c1-9-6-12-13(7-16-9)18(17-14(12)10(2)19)8-15(4,5)21-11(3)20/h6-7H,8H2,1-5H3. The van der Waals surface area contributed by atoms with E-state index in [2.05, 4.69) is 10.1 Å². The van der Waals surface area contributed by atoms with E-state index in [4.69, 9.17) is 4.74 Å². The van der Waals surface area contributed by atoms with E-state index < -0.39 is 5.60 Å². The molecular formula is C15H19N3O3. The Bertz CT molecular complexity index is 716. The molecule has 0 saturated carbocycles. The van der Waals surface area contributed by atoms with E-state index in [0.29, 0.717) is 12.2 Å². The maximum Gasteiger partial charge on any atom is 0.303 e. The van der Waals surface area contributed by atoms with Gasteiger partial charge in [-0.05, 0) is 26.8 Å². The molecule has 2 heterocycles. The van der Waals surface area contributed by atoms with Crippen LogP contribution in [0.3, 0.4) is 0 Å². The average Bonchev–Trinajstić information content (AvgIpc) is 2.64. The lowest BCUT2D eigenvalue weighted by Crippen LogP contribution is -2.32. The van der Waals surface area contributed by atoms with Gasteiger partial charge in [0.15, 0.2) is 5.78 Å². The fourth-order valence-electron chi connectivity index (χ4n) is 2.34. The molecule has 0 amide bonds. The zero-order valence-corrected chi connectivity index (χ0v) is 12.9. The van der Waals surface area contributed by atoms with Gasteiger partial charge in [-0.25, -0.2) is 0 Å². The molecule has 0 aromatic carbocycles. The summed E-state index contributed by atoms with van der Waals surface area (Å²) in [5.41, 5.74) is 1.27. The van der Waals surface area contributed by atoms with Crippen LogP contribution in [0, 0.1) is 6.92 Å². The van der Waals surface area contributed by atoms with E-state index in [1.807, 2.05) is 13.0 Å². The molecule has 0 aliphatic carbocycles. The number of carbonyl (C=O) groups excluding carboxylic acids is 2. The van der Waals surface area contributed by atoms with Crippen molar-refractivity contribution in [1.82, 2.24) is 14.8 Å².